The first kappa shape index (κ1) is 17.9. The number of amides is 1. The SMILES string of the molecule is CC(Nc1c(F)c(Cl)c(-c2ccc3nc(NC=O)cn3c2)c2cn[nH]c12)C1CC1. The molecule has 3 N–H and O–H groups in total. The molecule has 9 heteroatoms. The van der Waals surface area contributed by atoms with Crippen LogP contribution in [0.5, 0.6) is 0 Å². The van der Waals surface area contributed by atoms with Crippen LogP contribution in [0.1, 0.15) is 19.8 Å². The number of carbonyl (C=O) groups excluding carboxylic acids is 1. The van der Waals surface area contributed by atoms with Crippen molar-refractivity contribution in [2.45, 2.75) is 25.8 Å². The molecule has 3 aromatic heterocycles. The van der Waals surface area contributed by atoms with Gasteiger partial charge >= 0.3 is 0 Å². The number of H-pyrrole nitrogens is 1. The van der Waals surface area contributed by atoms with Gasteiger partial charge in [-0.05, 0) is 37.8 Å². The summed E-state index contributed by atoms with van der Waals surface area (Å²) in [6.45, 7) is 2.05. The van der Waals surface area contributed by atoms with Crippen LogP contribution in [-0.2, 0) is 4.79 Å². The maximum Gasteiger partial charge on any atom is 0.212 e. The van der Waals surface area contributed by atoms with Gasteiger partial charge in [0.05, 0.1) is 28.6 Å². The Kier molecular flexibility index (Phi) is 4.16. The van der Waals surface area contributed by atoms with Crippen molar-refractivity contribution in [2.24, 2.45) is 5.92 Å². The Morgan fingerprint density at radius 3 is 2.97 bits per heavy atom. The minimum absolute atomic E-state index is 0.0371. The maximum atomic E-state index is 15.3. The van der Waals surface area contributed by atoms with Crippen LogP contribution < -0.4 is 10.6 Å². The second-order valence-electron chi connectivity index (χ2n) is 7.38. The molecule has 0 aliphatic heterocycles. The molecule has 1 aliphatic rings. The van der Waals surface area contributed by atoms with Gasteiger partial charge in [-0.1, -0.05) is 11.6 Å². The van der Waals surface area contributed by atoms with Gasteiger partial charge in [-0.25, -0.2) is 9.37 Å². The number of halogens is 2. The Bertz CT molecular complexity index is 1240. The fourth-order valence-corrected chi connectivity index (χ4v) is 4.05. The first-order valence-electron chi connectivity index (χ1n) is 9.36. The van der Waals surface area contributed by atoms with E-state index in [0.29, 0.717) is 46.1 Å². The Hall–Kier alpha value is -3.13. The Morgan fingerprint density at radius 1 is 1.38 bits per heavy atom. The first-order valence-corrected chi connectivity index (χ1v) is 9.74. The van der Waals surface area contributed by atoms with E-state index < -0.39 is 5.82 Å². The molecule has 148 valence electrons. The number of rotatable bonds is 6. The number of carbonyl (C=O) groups is 1. The van der Waals surface area contributed by atoms with Gasteiger partial charge < -0.3 is 15.0 Å². The highest BCUT2D eigenvalue weighted by atomic mass is 35.5. The second kappa shape index (κ2) is 6.73. The van der Waals surface area contributed by atoms with Crippen LogP contribution in [0, 0.1) is 11.7 Å². The molecule has 0 spiro atoms. The van der Waals surface area contributed by atoms with Gasteiger partial charge in [0.15, 0.2) is 11.6 Å². The first-order chi connectivity index (χ1) is 14.1. The summed E-state index contributed by atoms with van der Waals surface area (Å²) in [6, 6.07) is 3.76. The molecule has 0 radical (unpaired) electrons. The summed E-state index contributed by atoms with van der Waals surface area (Å²) in [5.74, 6) is 0.486. The van der Waals surface area contributed by atoms with Crippen LogP contribution in [0.15, 0.2) is 30.7 Å². The summed E-state index contributed by atoms with van der Waals surface area (Å²) < 4.78 is 17.1. The highest BCUT2D eigenvalue weighted by Crippen LogP contribution is 2.43. The number of nitrogens with zero attached hydrogens (tertiary/aromatic N) is 3. The molecule has 1 fully saturated rings. The van der Waals surface area contributed by atoms with Gasteiger partial charge in [0.2, 0.25) is 6.41 Å². The fraction of sp³-hybridized carbons (Fsp3) is 0.250. The zero-order chi connectivity index (χ0) is 20.1. The summed E-state index contributed by atoms with van der Waals surface area (Å²) in [6.07, 6.45) is 8.00. The van der Waals surface area contributed by atoms with Gasteiger partial charge in [0, 0.05) is 28.8 Å². The third kappa shape index (κ3) is 3.00. The smallest absolute Gasteiger partial charge is 0.212 e. The molecular formula is C20H18ClFN6O. The summed E-state index contributed by atoms with van der Waals surface area (Å²) in [7, 11) is 0. The van der Waals surface area contributed by atoms with Gasteiger partial charge in [-0.2, -0.15) is 5.10 Å². The van der Waals surface area contributed by atoms with E-state index in [-0.39, 0.29) is 11.1 Å². The lowest BCUT2D eigenvalue weighted by Gasteiger charge is -2.18. The minimum atomic E-state index is -0.500. The number of aromatic amines is 1. The maximum absolute atomic E-state index is 15.3. The molecule has 1 amide bonds. The minimum Gasteiger partial charge on any atom is -0.378 e. The van der Waals surface area contributed by atoms with Crippen LogP contribution in [-0.4, -0.2) is 32.0 Å². The molecule has 5 rings (SSSR count). The second-order valence-corrected chi connectivity index (χ2v) is 7.76. The van der Waals surface area contributed by atoms with Crippen LogP contribution in [0.25, 0.3) is 27.7 Å². The summed E-state index contributed by atoms with van der Waals surface area (Å²) >= 11 is 6.51. The van der Waals surface area contributed by atoms with E-state index in [0.717, 1.165) is 18.2 Å². The van der Waals surface area contributed by atoms with Gasteiger partial charge in [-0.15, -0.1) is 0 Å². The average molecular weight is 413 g/mol. The Balaban J connectivity index is 1.65. The molecule has 29 heavy (non-hydrogen) atoms. The molecule has 1 aromatic carbocycles. The van der Waals surface area contributed by atoms with Crippen molar-refractivity contribution in [1.29, 1.82) is 0 Å². The van der Waals surface area contributed by atoms with E-state index in [1.165, 1.54) is 0 Å². The molecule has 1 saturated carbocycles. The average Bonchev–Trinajstić information content (AvgIpc) is 3.32. The van der Waals surface area contributed by atoms with E-state index in [2.05, 4.69) is 32.7 Å². The van der Waals surface area contributed by atoms with Crippen molar-refractivity contribution in [3.8, 4) is 11.1 Å². The van der Waals surface area contributed by atoms with Crippen LogP contribution >= 0.6 is 11.6 Å². The Labute approximate surface area is 170 Å². The van der Waals surface area contributed by atoms with Crippen molar-refractivity contribution in [1.82, 2.24) is 19.6 Å². The third-order valence-electron chi connectivity index (χ3n) is 5.44. The largest absolute Gasteiger partial charge is 0.378 e. The van der Waals surface area contributed by atoms with Crippen molar-refractivity contribution < 1.29 is 9.18 Å². The third-order valence-corrected chi connectivity index (χ3v) is 5.79. The van der Waals surface area contributed by atoms with Gasteiger partial charge in [0.25, 0.3) is 0 Å². The van der Waals surface area contributed by atoms with Crippen molar-refractivity contribution in [2.75, 3.05) is 10.6 Å². The van der Waals surface area contributed by atoms with Crippen LogP contribution in [0.4, 0.5) is 15.9 Å². The predicted octanol–water partition coefficient (Wildman–Crippen LogP) is 4.45. The monoisotopic (exact) mass is 412 g/mol. The number of nitrogens with one attached hydrogen (secondary N) is 3. The number of aromatic nitrogens is 4. The summed E-state index contributed by atoms with van der Waals surface area (Å²) in [4.78, 5) is 14.9. The van der Waals surface area contributed by atoms with Crippen LogP contribution in [0.3, 0.4) is 0 Å². The van der Waals surface area contributed by atoms with E-state index in [9.17, 15) is 4.79 Å². The van der Waals surface area contributed by atoms with Crippen LogP contribution in [0.2, 0.25) is 5.02 Å². The predicted molar refractivity (Wildman–Crippen MR) is 111 cm³/mol. The highest BCUT2D eigenvalue weighted by molar-refractivity contribution is 6.36. The molecule has 1 unspecified atom stereocenters. The normalized spacial score (nSPS) is 15.0. The molecule has 4 aromatic rings. The zero-order valence-corrected chi connectivity index (χ0v) is 16.3. The van der Waals surface area contributed by atoms with E-state index >= 15 is 4.39 Å². The summed E-state index contributed by atoms with van der Waals surface area (Å²) in [5.41, 5.74) is 2.85. The number of pyridine rings is 1. The van der Waals surface area contributed by atoms with E-state index in [4.69, 9.17) is 11.6 Å². The van der Waals surface area contributed by atoms with Gasteiger partial charge in [-0.3, -0.25) is 9.89 Å². The van der Waals surface area contributed by atoms with Crippen molar-refractivity contribution in [3.63, 3.8) is 0 Å². The summed E-state index contributed by atoms with van der Waals surface area (Å²) in [5, 5.41) is 13.6. The lowest BCUT2D eigenvalue weighted by molar-refractivity contribution is -0.105. The Morgan fingerprint density at radius 2 is 2.21 bits per heavy atom. The zero-order valence-electron chi connectivity index (χ0n) is 15.5. The van der Waals surface area contributed by atoms with Crippen molar-refractivity contribution >= 4 is 46.1 Å². The van der Waals surface area contributed by atoms with Crippen molar-refractivity contribution in [3.05, 3.63) is 41.6 Å². The molecule has 7 nitrogen and oxygen atoms in total. The molecule has 0 saturated heterocycles. The lowest BCUT2D eigenvalue weighted by atomic mass is 10.0. The number of hydrogen-bond acceptors (Lipinski definition) is 4. The highest BCUT2D eigenvalue weighted by Gasteiger charge is 2.30. The van der Waals surface area contributed by atoms with E-state index in [1.54, 1.807) is 29.1 Å². The molecule has 0 bridgehead atoms. The lowest BCUT2D eigenvalue weighted by Crippen LogP contribution is -2.18. The number of hydrogen-bond donors (Lipinski definition) is 3. The molecule has 1 atom stereocenters. The number of imidazole rings is 1. The standard InChI is InChI=1S/C20H18ClFN6O/c1-10(11-2-3-11)25-20-18(22)17(21)16(13-6-24-27-19(13)20)12-4-5-15-26-14(23-9-29)8-28(15)7-12/h4-11,25H,2-3H2,1H3,(H,23,29)(H,24,27). The quantitative estimate of drug-likeness (QED) is 0.408. The topological polar surface area (TPSA) is 87.1 Å². The fourth-order valence-electron chi connectivity index (χ4n) is 3.74. The molecular weight excluding hydrogens is 395 g/mol. The number of benzene rings is 1. The van der Waals surface area contributed by atoms with Gasteiger partial charge in [0.1, 0.15) is 5.65 Å². The molecule has 3 heterocycles. The number of anilines is 2. The number of fused-ring (bicyclic) bond motifs is 2. The van der Waals surface area contributed by atoms with E-state index in [1.807, 2.05) is 6.07 Å². The molecule has 1 aliphatic carbocycles.